The third-order valence-electron chi connectivity index (χ3n) is 4.86. The molecule has 25 heavy (non-hydrogen) atoms. The Morgan fingerprint density at radius 2 is 2.24 bits per heavy atom. The fourth-order valence-electron chi connectivity index (χ4n) is 3.88. The first-order valence-electron chi connectivity index (χ1n) is 8.71. The number of carbonyl (C=O) groups excluding carboxylic acids is 1. The van der Waals surface area contributed by atoms with Crippen molar-refractivity contribution in [3.8, 4) is 0 Å². The molecule has 1 saturated heterocycles. The van der Waals surface area contributed by atoms with E-state index in [0.717, 1.165) is 30.6 Å². The van der Waals surface area contributed by atoms with E-state index in [2.05, 4.69) is 40.0 Å². The van der Waals surface area contributed by atoms with Gasteiger partial charge < -0.3 is 4.74 Å². The zero-order valence-corrected chi connectivity index (χ0v) is 15.1. The van der Waals surface area contributed by atoms with Crippen LogP contribution >= 0.6 is 0 Å². The van der Waals surface area contributed by atoms with Crippen LogP contribution in [0.2, 0.25) is 0 Å². The molecule has 5 nitrogen and oxygen atoms in total. The summed E-state index contributed by atoms with van der Waals surface area (Å²) in [5.74, 6) is 0.744. The molecule has 2 heterocycles. The summed E-state index contributed by atoms with van der Waals surface area (Å²) < 4.78 is 4.84. The van der Waals surface area contributed by atoms with Gasteiger partial charge in [0.05, 0.1) is 19.2 Å². The van der Waals surface area contributed by atoms with Crippen molar-refractivity contribution in [1.82, 2.24) is 9.88 Å². The molecule has 132 valence electrons. The van der Waals surface area contributed by atoms with Crippen molar-refractivity contribution < 1.29 is 9.53 Å². The van der Waals surface area contributed by atoms with E-state index in [4.69, 9.17) is 4.74 Å². The molecule has 0 saturated carbocycles. The van der Waals surface area contributed by atoms with Crippen LogP contribution in [0, 0.1) is 5.92 Å². The summed E-state index contributed by atoms with van der Waals surface area (Å²) in [5, 5.41) is 1.18. The minimum atomic E-state index is -0.172. The Bertz CT molecular complexity index is 788. The smallest absolute Gasteiger partial charge is 0.319 e. The highest BCUT2D eigenvalue weighted by molar-refractivity contribution is 5.98. The Morgan fingerprint density at radius 3 is 3.00 bits per heavy atom. The maximum Gasteiger partial charge on any atom is 0.319 e. The number of ether oxygens (including phenoxy) is 1. The second kappa shape index (κ2) is 7.74. The molecule has 1 aromatic heterocycles. The second-order valence-corrected chi connectivity index (χ2v) is 6.84. The predicted octanol–water partition coefficient (Wildman–Crippen LogP) is 2.88. The van der Waals surface area contributed by atoms with Crippen molar-refractivity contribution in [2.24, 2.45) is 10.9 Å². The van der Waals surface area contributed by atoms with E-state index >= 15 is 0 Å². The molecule has 0 aliphatic carbocycles. The van der Waals surface area contributed by atoms with Crippen LogP contribution < -0.4 is 0 Å². The van der Waals surface area contributed by atoms with Crippen molar-refractivity contribution in [3.63, 3.8) is 0 Å². The van der Waals surface area contributed by atoms with Crippen LogP contribution in [0.1, 0.15) is 30.4 Å². The molecule has 0 amide bonds. The molecule has 1 aliphatic rings. The van der Waals surface area contributed by atoms with Gasteiger partial charge in [0.15, 0.2) is 0 Å². The molecule has 0 spiro atoms. The Hall–Kier alpha value is -2.27. The number of piperidine rings is 1. The van der Waals surface area contributed by atoms with Crippen LogP contribution in [0.5, 0.6) is 0 Å². The number of aliphatic imine (C=N–C) groups is 1. The van der Waals surface area contributed by atoms with Crippen molar-refractivity contribution >= 4 is 23.1 Å². The molecule has 0 radical (unpaired) electrons. The van der Waals surface area contributed by atoms with Gasteiger partial charge in [-0.2, -0.15) is 0 Å². The van der Waals surface area contributed by atoms with Crippen molar-refractivity contribution in [2.45, 2.75) is 19.3 Å². The molecule has 5 heteroatoms. The van der Waals surface area contributed by atoms with Crippen LogP contribution in [-0.2, 0) is 9.53 Å². The van der Waals surface area contributed by atoms with Gasteiger partial charge in [0.2, 0.25) is 0 Å². The minimum absolute atomic E-state index is 0.172. The quantitative estimate of drug-likeness (QED) is 0.635. The van der Waals surface area contributed by atoms with E-state index in [1.165, 1.54) is 18.1 Å². The average molecular weight is 339 g/mol. The van der Waals surface area contributed by atoms with Crippen molar-refractivity contribution in [1.29, 1.82) is 0 Å². The second-order valence-electron chi connectivity index (χ2n) is 6.84. The summed E-state index contributed by atoms with van der Waals surface area (Å²) in [6.07, 6.45) is 4.79. The van der Waals surface area contributed by atoms with Gasteiger partial charge in [0.1, 0.15) is 0 Å². The first-order chi connectivity index (χ1) is 12.1. The van der Waals surface area contributed by atoms with E-state index in [9.17, 15) is 4.79 Å². The van der Waals surface area contributed by atoms with Gasteiger partial charge >= 0.3 is 5.97 Å². The SMILES string of the molecule is CN=Cc1ccc(C2CC(C)CN(CC(=O)OC)C2)c2cccnc12. The number of nitrogens with zero attached hydrogens (tertiary/aromatic N) is 3. The average Bonchev–Trinajstić information content (AvgIpc) is 2.61. The summed E-state index contributed by atoms with van der Waals surface area (Å²) in [4.78, 5) is 22.6. The van der Waals surface area contributed by atoms with E-state index in [-0.39, 0.29) is 5.97 Å². The van der Waals surface area contributed by atoms with Crippen LogP contribution in [0.25, 0.3) is 10.9 Å². The number of benzene rings is 1. The van der Waals surface area contributed by atoms with Gasteiger partial charge in [-0.1, -0.05) is 25.1 Å². The monoisotopic (exact) mass is 339 g/mol. The minimum Gasteiger partial charge on any atom is -0.468 e. The first-order valence-corrected chi connectivity index (χ1v) is 8.71. The predicted molar refractivity (Wildman–Crippen MR) is 100 cm³/mol. The standard InChI is InChI=1S/C20H25N3O2/c1-14-9-16(12-23(11-14)13-19(24)25-3)17-7-6-15(10-21-2)20-18(17)5-4-8-22-20/h4-8,10,14,16H,9,11-13H2,1-3H3. The lowest BCUT2D eigenvalue weighted by molar-refractivity contribution is -0.142. The summed E-state index contributed by atoms with van der Waals surface area (Å²) in [7, 11) is 3.22. The molecular weight excluding hydrogens is 314 g/mol. The van der Waals surface area contributed by atoms with Crippen molar-refractivity contribution in [2.75, 3.05) is 33.8 Å². The number of hydrogen-bond acceptors (Lipinski definition) is 5. The van der Waals surface area contributed by atoms with E-state index in [1.54, 1.807) is 7.05 Å². The van der Waals surface area contributed by atoms with E-state index in [1.807, 2.05) is 18.5 Å². The Labute approximate surface area is 148 Å². The largest absolute Gasteiger partial charge is 0.468 e. The summed E-state index contributed by atoms with van der Waals surface area (Å²) >= 11 is 0. The maximum absolute atomic E-state index is 11.7. The summed E-state index contributed by atoms with van der Waals surface area (Å²) in [6.45, 7) is 4.40. The third kappa shape index (κ3) is 3.87. The molecule has 0 bridgehead atoms. The number of rotatable bonds is 4. The summed E-state index contributed by atoms with van der Waals surface area (Å²) in [6, 6.07) is 8.41. The molecular formula is C20H25N3O2. The van der Waals surface area contributed by atoms with Crippen molar-refractivity contribution in [3.05, 3.63) is 41.6 Å². The number of hydrogen-bond donors (Lipinski definition) is 0. The lowest BCUT2D eigenvalue weighted by atomic mass is 9.83. The lowest BCUT2D eigenvalue weighted by Gasteiger charge is -2.36. The number of likely N-dealkylation sites (tertiary alicyclic amines) is 1. The maximum atomic E-state index is 11.7. The Morgan fingerprint density at radius 1 is 1.40 bits per heavy atom. The van der Waals surface area contributed by atoms with E-state index < -0.39 is 0 Å². The lowest BCUT2D eigenvalue weighted by Crippen LogP contribution is -2.41. The molecule has 1 fully saturated rings. The van der Waals surface area contributed by atoms with Gasteiger partial charge in [0.25, 0.3) is 0 Å². The number of carbonyl (C=O) groups is 1. The number of methoxy groups -OCH3 is 1. The van der Waals surface area contributed by atoms with Crippen LogP contribution in [-0.4, -0.2) is 55.9 Å². The molecule has 2 atom stereocenters. The topological polar surface area (TPSA) is 54.8 Å². The number of aromatic nitrogens is 1. The normalized spacial score (nSPS) is 21.7. The van der Waals surface area contributed by atoms with Crippen LogP contribution in [0.15, 0.2) is 35.5 Å². The molecule has 2 aromatic rings. The zero-order chi connectivity index (χ0) is 17.8. The molecule has 1 aromatic carbocycles. The van der Waals surface area contributed by atoms with E-state index in [0.29, 0.717) is 18.4 Å². The zero-order valence-electron chi connectivity index (χ0n) is 15.1. The fourth-order valence-corrected chi connectivity index (χ4v) is 3.88. The number of fused-ring (bicyclic) bond motifs is 1. The third-order valence-corrected chi connectivity index (χ3v) is 4.86. The number of pyridine rings is 1. The molecule has 0 N–H and O–H groups in total. The first kappa shape index (κ1) is 17.5. The van der Waals surface area contributed by atoms with Gasteiger partial charge in [-0.05, 0) is 29.9 Å². The van der Waals surface area contributed by atoms with Gasteiger partial charge in [0, 0.05) is 43.5 Å². The highest BCUT2D eigenvalue weighted by Gasteiger charge is 2.28. The Kier molecular flexibility index (Phi) is 5.43. The molecule has 2 unspecified atom stereocenters. The molecule has 1 aliphatic heterocycles. The van der Waals surface area contributed by atoms with Crippen LogP contribution in [0.4, 0.5) is 0 Å². The number of esters is 1. The Balaban J connectivity index is 1.95. The van der Waals surface area contributed by atoms with Crippen LogP contribution in [0.3, 0.4) is 0 Å². The van der Waals surface area contributed by atoms with Gasteiger partial charge in [-0.3, -0.25) is 19.7 Å². The highest BCUT2D eigenvalue weighted by atomic mass is 16.5. The fraction of sp³-hybridized carbons (Fsp3) is 0.450. The van der Waals surface area contributed by atoms with Gasteiger partial charge in [-0.15, -0.1) is 0 Å². The molecule has 3 rings (SSSR count). The summed E-state index contributed by atoms with van der Waals surface area (Å²) in [5.41, 5.74) is 3.33. The van der Waals surface area contributed by atoms with Gasteiger partial charge in [-0.25, -0.2) is 0 Å². The highest BCUT2D eigenvalue weighted by Crippen LogP contribution is 2.34.